The highest BCUT2D eigenvalue weighted by atomic mass is 16.5. The molecule has 0 unspecified atom stereocenters. The molecule has 2 rings (SSSR count). The lowest BCUT2D eigenvalue weighted by Gasteiger charge is -2.38. The van der Waals surface area contributed by atoms with E-state index in [4.69, 9.17) is 4.65 Å². The Hall–Kier alpha value is -0.875. The second-order valence-electron chi connectivity index (χ2n) is 7.62. The molecule has 0 atom stereocenters. The number of nitrogens with zero attached hydrogens (tertiary/aromatic N) is 1. The van der Waals surface area contributed by atoms with Gasteiger partial charge in [-0.3, -0.25) is 4.90 Å². The van der Waals surface area contributed by atoms with E-state index in [1.165, 1.54) is 37.9 Å². The third-order valence-electron chi connectivity index (χ3n) is 5.00. The van der Waals surface area contributed by atoms with Crippen molar-refractivity contribution in [3.8, 4) is 0 Å². The van der Waals surface area contributed by atoms with E-state index in [-0.39, 0.29) is 0 Å². The monoisotopic (exact) mass is 319 g/mol. The number of piperidine rings is 1. The maximum Gasteiger partial charge on any atom is 0.491 e. The van der Waals surface area contributed by atoms with Crippen LogP contribution in [-0.2, 0) is 11.2 Å². The largest absolute Gasteiger partial charge is 0.491 e. The smallest absolute Gasteiger partial charge is 0.423 e. The number of hydrogen-bond donors (Lipinski definition) is 2. The summed E-state index contributed by atoms with van der Waals surface area (Å²) < 4.78 is 5.67. The van der Waals surface area contributed by atoms with Crippen molar-refractivity contribution in [2.45, 2.75) is 64.7 Å². The average Bonchev–Trinajstić information content (AvgIpc) is 2.47. The van der Waals surface area contributed by atoms with Crippen LogP contribution < -0.4 is 5.46 Å². The molecule has 23 heavy (non-hydrogen) atoms. The molecule has 5 heteroatoms. The molecule has 1 saturated heterocycles. The second-order valence-corrected chi connectivity index (χ2v) is 7.62. The summed E-state index contributed by atoms with van der Waals surface area (Å²) in [5, 5.41) is 20.4. The van der Waals surface area contributed by atoms with Crippen LogP contribution in [0.4, 0.5) is 0 Å². The van der Waals surface area contributed by atoms with Crippen molar-refractivity contribution in [1.29, 1.82) is 0 Å². The van der Waals surface area contributed by atoms with Gasteiger partial charge in [0.05, 0.1) is 11.2 Å². The van der Waals surface area contributed by atoms with Gasteiger partial charge in [0, 0.05) is 6.54 Å². The zero-order valence-electron chi connectivity index (χ0n) is 14.9. The summed E-state index contributed by atoms with van der Waals surface area (Å²) >= 11 is 0. The quantitative estimate of drug-likeness (QED) is 0.787. The van der Waals surface area contributed by atoms with Crippen LogP contribution in [-0.4, -0.2) is 46.4 Å². The average molecular weight is 319 g/mol. The SMILES string of the molecule is CC(C)(O)C(C)(C)OB(O)c1ccc(CN2CCCCC2)cc1. The van der Waals surface area contributed by atoms with Crippen molar-refractivity contribution in [2.75, 3.05) is 13.1 Å². The van der Waals surface area contributed by atoms with Gasteiger partial charge in [0.2, 0.25) is 0 Å². The summed E-state index contributed by atoms with van der Waals surface area (Å²) in [5.74, 6) is 0. The topological polar surface area (TPSA) is 52.9 Å². The van der Waals surface area contributed by atoms with Gasteiger partial charge in [-0.25, -0.2) is 0 Å². The van der Waals surface area contributed by atoms with Crippen molar-refractivity contribution < 1.29 is 14.8 Å². The van der Waals surface area contributed by atoms with Gasteiger partial charge >= 0.3 is 7.12 Å². The molecular weight excluding hydrogens is 289 g/mol. The van der Waals surface area contributed by atoms with Crippen LogP contribution >= 0.6 is 0 Å². The number of likely N-dealkylation sites (tertiary alicyclic amines) is 1. The molecule has 0 spiro atoms. The fourth-order valence-corrected chi connectivity index (χ4v) is 2.65. The predicted octanol–water partition coefficient (Wildman–Crippen LogP) is 1.93. The first-order valence-corrected chi connectivity index (χ1v) is 8.58. The molecule has 2 N–H and O–H groups in total. The van der Waals surface area contributed by atoms with Gasteiger partial charge in [0.25, 0.3) is 0 Å². The molecule has 4 nitrogen and oxygen atoms in total. The van der Waals surface area contributed by atoms with Crippen LogP contribution in [0.25, 0.3) is 0 Å². The Bertz CT molecular complexity index is 490. The highest BCUT2D eigenvalue weighted by Crippen LogP contribution is 2.25. The van der Waals surface area contributed by atoms with Crippen LogP contribution in [0, 0.1) is 0 Å². The molecule has 128 valence electrons. The first-order chi connectivity index (χ1) is 10.7. The molecule has 0 aliphatic carbocycles. The van der Waals surface area contributed by atoms with Gasteiger partial charge in [-0.1, -0.05) is 30.7 Å². The van der Waals surface area contributed by atoms with Gasteiger partial charge in [-0.15, -0.1) is 0 Å². The Morgan fingerprint density at radius 3 is 2.13 bits per heavy atom. The van der Waals surface area contributed by atoms with E-state index in [2.05, 4.69) is 4.90 Å². The normalized spacial score (nSPS) is 17.3. The summed E-state index contributed by atoms with van der Waals surface area (Å²) in [5.41, 5.74) is 0.0791. The predicted molar refractivity (Wildman–Crippen MR) is 94.6 cm³/mol. The van der Waals surface area contributed by atoms with Gasteiger partial charge in [0.1, 0.15) is 0 Å². The van der Waals surface area contributed by atoms with Crippen LogP contribution in [0.1, 0.15) is 52.5 Å². The highest BCUT2D eigenvalue weighted by Gasteiger charge is 2.39. The summed E-state index contributed by atoms with van der Waals surface area (Å²) in [6.45, 7) is 10.2. The van der Waals surface area contributed by atoms with Crippen LogP contribution in [0.5, 0.6) is 0 Å². The third kappa shape index (κ3) is 5.05. The van der Waals surface area contributed by atoms with Crippen molar-refractivity contribution in [3.63, 3.8) is 0 Å². The Morgan fingerprint density at radius 1 is 1.04 bits per heavy atom. The van der Waals surface area contributed by atoms with E-state index in [1.54, 1.807) is 27.7 Å². The Labute approximate surface area is 140 Å². The molecule has 0 amide bonds. The van der Waals surface area contributed by atoms with E-state index >= 15 is 0 Å². The second kappa shape index (κ2) is 7.35. The number of rotatable bonds is 6. The minimum absolute atomic E-state index is 0.713. The van der Waals surface area contributed by atoms with Crippen LogP contribution in [0.2, 0.25) is 0 Å². The molecule has 1 aliphatic rings. The van der Waals surface area contributed by atoms with E-state index in [1.807, 2.05) is 24.3 Å². The maximum atomic E-state index is 10.3. The summed E-state index contributed by atoms with van der Waals surface area (Å²) in [7, 11) is -1.04. The number of aliphatic hydroxyl groups is 1. The third-order valence-corrected chi connectivity index (χ3v) is 5.00. The Balaban J connectivity index is 1.95. The zero-order valence-corrected chi connectivity index (χ0v) is 14.9. The molecule has 1 aliphatic heterocycles. The first-order valence-electron chi connectivity index (χ1n) is 8.58. The molecule has 0 saturated carbocycles. The fraction of sp³-hybridized carbons (Fsp3) is 0.667. The van der Waals surface area contributed by atoms with Gasteiger partial charge in [0.15, 0.2) is 0 Å². The van der Waals surface area contributed by atoms with Gasteiger partial charge in [-0.2, -0.15) is 0 Å². The minimum atomic E-state index is -1.04. The van der Waals surface area contributed by atoms with Gasteiger partial charge < -0.3 is 14.8 Å². The Morgan fingerprint density at radius 2 is 1.61 bits per heavy atom. The zero-order chi connectivity index (χ0) is 17.1. The van der Waals surface area contributed by atoms with Crippen LogP contribution in [0.15, 0.2) is 24.3 Å². The Kier molecular flexibility index (Phi) is 5.90. The highest BCUT2D eigenvalue weighted by molar-refractivity contribution is 6.60. The van der Waals surface area contributed by atoms with Crippen molar-refractivity contribution in [1.82, 2.24) is 4.90 Å². The minimum Gasteiger partial charge on any atom is -0.423 e. The van der Waals surface area contributed by atoms with Crippen molar-refractivity contribution >= 4 is 12.6 Å². The molecule has 1 fully saturated rings. The fourth-order valence-electron chi connectivity index (χ4n) is 2.65. The van der Waals surface area contributed by atoms with E-state index in [0.29, 0.717) is 5.46 Å². The standard InChI is InChI=1S/C18H30BNO3/c1-17(2,21)18(3,4)23-19(22)16-10-8-15(9-11-16)14-20-12-6-5-7-13-20/h8-11,21-22H,5-7,12-14H2,1-4H3. The lowest BCUT2D eigenvalue weighted by Crippen LogP contribution is -2.53. The number of hydrogen-bond acceptors (Lipinski definition) is 4. The van der Waals surface area contributed by atoms with E-state index < -0.39 is 18.3 Å². The lowest BCUT2D eigenvalue weighted by atomic mass is 9.76. The van der Waals surface area contributed by atoms with Gasteiger partial charge in [-0.05, 0) is 64.7 Å². The summed E-state index contributed by atoms with van der Waals surface area (Å²) in [6, 6.07) is 7.91. The van der Waals surface area contributed by atoms with E-state index in [0.717, 1.165) is 6.54 Å². The van der Waals surface area contributed by atoms with Crippen LogP contribution in [0.3, 0.4) is 0 Å². The lowest BCUT2D eigenvalue weighted by molar-refractivity contribution is -0.0982. The summed E-state index contributed by atoms with van der Waals surface area (Å²) in [6.07, 6.45) is 3.92. The molecular formula is C18H30BNO3. The molecule has 0 aromatic heterocycles. The molecule has 0 radical (unpaired) electrons. The van der Waals surface area contributed by atoms with E-state index in [9.17, 15) is 10.1 Å². The molecule has 0 bridgehead atoms. The maximum absolute atomic E-state index is 10.3. The number of benzene rings is 1. The van der Waals surface area contributed by atoms with Crippen molar-refractivity contribution in [2.24, 2.45) is 0 Å². The molecule has 1 aromatic carbocycles. The summed E-state index contributed by atoms with van der Waals surface area (Å²) in [4.78, 5) is 2.48. The first kappa shape index (κ1) is 18.5. The van der Waals surface area contributed by atoms with Crippen molar-refractivity contribution in [3.05, 3.63) is 29.8 Å². The molecule has 1 aromatic rings. The molecule has 1 heterocycles.